The largest absolute Gasteiger partial charge is 0.496 e. The fourth-order valence-corrected chi connectivity index (χ4v) is 1.74. The van der Waals surface area contributed by atoms with Crippen molar-refractivity contribution < 1.29 is 22.7 Å². The van der Waals surface area contributed by atoms with Crippen LogP contribution in [0.15, 0.2) is 30.3 Å². The average Bonchev–Trinajstić information content (AvgIpc) is 2.42. The number of carbonyl (C=O) groups excluding carboxylic acids is 1. The van der Waals surface area contributed by atoms with Gasteiger partial charge in [0.05, 0.1) is 12.7 Å². The summed E-state index contributed by atoms with van der Waals surface area (Å²) in [5.41, 5.74) is 5.21. The minimum absolute atomic E-state index is 0.0369. The van der Waals surface area contributed by atoms with Gasteiger partial charge < -0.3 is 15.8 Å². The molecule has 0 aromatic heterocycles. The van der Waals surface area contributed by atoms with Crippen LogP contribution in [0.2, 0.25) is 0 Å². The third-order valence-electron chi connectivity index (χ3n) is 2.72. The van der Waals surface area contributed by atoms with Crippen LogP contribution in [0.3, 0.4) is 0 Å². The maximum atomic E-state index is 13.5. The quantitative estimate of drug-likeness (QED) is 0.856. The number of amides is 1. The Kier molecular flexibility index (Phi) is 4.02. The molecule has 0 radical (unpaired) electrons. The summed E-state index contributed by atoms with van der Waals surface area (Å²) in [6.07, 6.45) is 0. The lowest BCUT2D eigenvalue weighted by Crippen LogP contribution is -2.15. The van der Waals surface area contributed by atoms with Crippen molar-refractivity contribution in [2.24, 2.45) is 0 Å². The maximum absolute atomic E-state index is 13.5. The molecule has 7 heteroatoms. The van der Waals surface area contributed by atoms with Crippen molar-refractivity contribution in [2.75, 3.05) is 18.2 Å². The minimum Gasteiger partial charge on any atom is -0.496 e. The monoisotopic (exact) mass is 296 g/mol. The van der Waals surface area contributed by atoms with Crippen LogP contribution in [0.5, 0.6) is 5.75 Å². The van der Waals surface area contributed by atoms with Crippen LogP contribution in [0.1, 0.15) is 10.4 Å². The number of halogens is 3. The van der Waals surface area contributed by atoms with E-state index in [1.54, 1.807) is 0 Å². The molecule has 0 saturated carbocycles. The van der Waals surface area contributed by atoms with Crippen molar-refractivity contribution in [1.82, 2.24) is 0 Å². The molecule has 0 bridgehead atoms. The topological polar surface area (TPSA) is 64.3 Å². The zero-order valence-corrected chi connectivity index (χ0v) is 10.9. The fraction of sp³-hybridized carbons (Fsp3) is 0.0714. The van der Waals surface area contributed by atoms with Crippen LogP contribution in [0.4, 0.5) is 24.5 Å². The molecule has 0 aliphatic heterocycles. The summed E-state index contributed by atoms with van der Waals surface area (Å²) in [6, 6.07) is 5.13. The second kappa shape index (κ2) is 5.74. The predicted octanol–water partition coefficient (Wildman–Crippen LogP) is 2.95. The first-order valence-electron chi connectivity index (χ1n) is 5.81. The number of methoxy groups -OCH3 is 1. The van der Waals surface area contributed by atoms with Crippen LogP contribution in [0.25, 0.3) is 0 Å². The van der Waals surface area contributed by atoms with Crippen molar-refractivity contribution in [3.63, 3.8) is 0 Å². The molecule has 0 atom stereocenters. The van der Waals surface area contributed by atoms with E-state index in [4.69, 9.17) is 10.5 Å². The molecular weight excluding hydrogens is 285 g/mol. The number of rotatable bonds is 3. The Morgan fingerprint density at radius 2 is 1.76 bits per heavy atom. The predicted molar refractivity (Wildman–Crippen MR) is 71.7 cm³/mol. The van der Waals surface area contributed by atoms with E-state index >= 15 is 0 Å². The minimum atomic E-state index is -1.21. The lowest BCUT2D eigenvalue weighted by molar-refractivity contribution is 0.102. The molecule has 0 heterocycles. The molecule has 0 aliphatic rings. The van der Waals surface area contributed by atoms with Gasteiger partial charge in [0.2, 0.25) is 0 Å². The summed E-state index contributed by atoms with van der Waals surface area (Å²) < 4.78 is 44.8. The number of ether oxygens (including phenoxy) is 1. The van der Waals surface area contributed by atoms with Gasteiger partial charge in [-0.05, 0) is 12.1 Å². The van der Waals surface area contributed by atoms with Gasteiger partial charge in [-0.2, -0.15) is 0 Å². The van der Waals surface area contributed by atoms with E-state index in [1.807, 2.05) is 5.32 Å². The van der Waals surface area contributed by atoms with E-state index in [9.17, 15) is 18.0 Å². The van der Waals surface area contributed by atoms with E-state index in [2.05, 4.69) is 0 Å². The Hall–Kier alpha value is -2.70. The van der Waals surface area contributed by atoms with E-state index in [1.165, 1.54) is 25.3 Å². The smallest absolute Gasteiger partial charge is 0.259 e. The third kappa shape index (κ3) is 3.07. The Morgan fingerprint density at radius 3 is 2.33 bits per heavy atom. The molecule has 2 aromatic rings. The highest BCUT2D eigenvalue weighted by Crippen LogP contribution is 2.25. The molecular formula is C14H11F3N2O2. The number of hydrogen-bond acceptors (Lipinski definition) is 3. The first kappa shape index (κ1) is 14.7. The van der Waals surface area contributed by atoms with Crippen molar-refractivity contribution in [3.05, 3.63) is 53.3 Å². The highest BCUT2D eigenvalue weighted by Gasteiger charge is 2.18. The average molecular weight is 296 g/mol. The van der Waals surface area contributed by atoms with Gasteiger partial charge in [0.15, 0.2) is 11.6 Å². The number of anilines is 2. The van der Waals surface area contributed by atoms with Gasteiger partial charge in [-0.3, -0.25) is 4.79 Å². The first-order chi connectivity index (χ1) is 9.92. The highest BCUT2D eigenvalue weighted by atomic mass is 19.1. The van der Waals surface area contributed by atoms with Gasteiger partial charge in [-0.1, -0.05) is 0 Å². The zero-order chi connectivity index (χ0) is 15.6. The van der Waals surface area contributed by atoms with Gasteiger partial charge in [0.1, 0.15) is 17.3 Å². The lowest BCUT2D eigenvalue weighted by atomic mass is 10.1. The van der Waals surface area contributed by atoms with Gasteiger partial charge in [-0.25, -0.2) is 13.2 Å². The SMILES string of the molecule is COc1cc(N)ccc1C(=O)Nc1c(F)cc(F)cc1F. The summed E-state index contributed by atoms with van der Waals surface area (Å²) in [5.74, 6) is -4.16. The second-order valence-corrected chi connectivity index (χ2v) is 4.16. The van der Waals surface area contributed by atoms with E-state index < -0.39 is 29.0 Å². The van der Waals surface area contributed by atoms with E-state index in [0.29, 0.717) is 17.8 Å². The van der Waals surface area contributed by atoms with Crippen LogP contribution in [-0.4, -0.2) is 13.0 Å². The Bertz CT molecular complexity index is 682. The molecule has 2 aromatic carbocycles. The third-order valence-corrected chi connectivity index (χ3v) is 2.72. The van der Waals surface area contributed by atoms with Crippen LogP contribution in [0, 0.1) is 17.5 Å². The van der Waals surface area contributed by atoms with Crippen LogP contribution >= 0.6 is 0 Å². The van der Waals surface area contributed by atoms with E-state index in [-0.39, 0.29) is 11.3 Å². The number of carbonyl (C=O) groups is 1. The molecule has 0 aliphatic carbocycles. The standard InChI is InChI=1S/C14H11F3N2O2/c1-21-12-6-8(18)2-3-9(12)14(20)19-13-10(16)4-7(15)5-11(13)17/h2-6H,18H2,1H3,(H,19,20). The first-order valence-corrected chi connectivity index (χ1v) is 5.81. The van der Waals surface area contributed by atoms with E-state index in [0.717, 1.165) is 0 Å². The molecule has 110 valence electrons. The Labute approximate surface area is 118 Å². The zero-order valence-electron chi connectivity index (χ0n) is 10.9. The fourth-order valence-electron chi connectivity index (χ4n) is 1.74. The number of nitrogens with one attached hydrogen (secondary N) is 1. The molecule has 0 saturated heterocycles. The number of hydrogen-bond donors (Lipinski definition) is 2. The van der Waals surface area contributed by atoms with Crippen LogP contribution < -0.4 is 15.8 Å². The molecule has 4 nitrogen and oxygen atoms in total. The molecule has 0 unspecified atom stereocenters. The van der Waals surface area contributed by atoms with Gasteiger partial charge in [0, 0.05) is 23.9 Å². The summed E-state index contributed by atoms with van der Waals surface area (Å²) >= 11 is 0. The summed E-state index contributed by atoms with van der Waals surface area (Å²) in [6.45, 7) is 0. The van der Waals surface area contributed by atoms with Crippen molar-refractivity contribution in [3.8, 4) is 5.75 Å². The molecule has 0 fully saturated rings. The van der Waals surface area contributed by atoms with Crippen LogP contribution in [-0.2, 0) is 0 Å². The Morgan fingerprint density at radius 1 is 1.14 bits per heavy atom. The summed E-state index contributed by atoms with van der Waals surface area (Å²) in [4.78, 5) is 12.0. The number of benzene rings is 2. The van der Waals surface area contributed by atoms with Crippen molar-refractivity contribution in [1.29, 1.82) is 0 Å². The van der Waals surface area contributed by atoms with Gasteiger partial charge in [-0.15, -0.1) is 0 Å². The lowest BCUT2D eigenvalue weighted by Gasteiger charge is -2.11. The Balaban J connectivity index is 2.35. The summed E-state index contributed by atoms with van der Waals surface area (Å²) in [7, 11) is 1.32. The number of nitrogens with two attached hydrogens (primary N) is 1. The second-order valence-electron chi connectivity index (χ2n) is 4.16. The molecule has 0 spiro atoms. The molecule has 2 rings (SSSR count). The molecule has 3 N–H and O–H groups in total. The normalized spacial score (nSPS) is 10.3. The van der Waals surface area contributed by atoms with Crippen molar-refractivity contribution in [2.45, 2.75) is 0 Å². The van der Waals surface area contributed by atoms with Crippen molar-refractivity contribution >= 4 is 17.3 Å². The van der Waals surface area contributed by atoms with Gasteiger partial charge in [0.25, 0.3) is 5.91 Å². The highest BCUT2D eigenvalue weighted by molar-refractivity contribution is 6.06. The van der Waals surface area contributed by atoms with Gasteiger partial charge >= 0.3 is 0 Å². The summed E-state index contributed by atoms with van der Waals surface area (Å²) in [5, 5.41) is 2.04. The maximum Gasteiger partial charge on any atom is 0.259 e. The molecule has 1 amide bonds. The molecule has 21 heavy (non-hydrogen) atoms. The number of nitrogen functional groups attached to an aromatic ring is 1.